The molecule has 1 unspecified atom stereocenters. The summed E-state index contributed by atoms with van der Waals surface area (Å²) in [6, 6.07) is 18.6. The van der Waals surface area contributed by atoms with Crippen molar-refractivity contribution in [2.24, 2.45) is 0 Å². The number of fused-ring (bicyclic) bond motifs is 1. The molecule has 0 saturated carbocycles. The van der Waals surface area contributed by atoms with Crippen LogP contribution < -0.4 is 10.0 Å². The summed E-state index contributed by atoms with van der Waals surface area (Å²) >= 11 is 7.63. The quantitative estimate of drug-likeness (QED) is 0.338. The minimum Gasteiger partial charge on any atom is -0.361 e. The van der Waals surface area contributed by atoms with Crippen LogP contribution in [0.15, 0.2) is 71.1 Å². The molecular weight excluding hydrogens is 466 g/mol. The van der Waals surface area contributed by atoms with Gasteiger partial charge in [0, 0.05) is 46.4 Å². The number of amides is 1. The zero-order chi connectivity index (χ0) is 22.7. The van der Waals surface area contributed by atoms with E-state index in [2.05, 4.69) is 15.0 Å². The number of aromatic nitrogens is 1. The molecule has 2 aromatic carbocycles. The second-order valence-electron chi connectivity index (χ2n) is 7.35. The number of H-pyrrole nitrogens is 1. The van der Waals surface area contributed by atoms with Crippen LogP contribution in [-0.4, -0.2) is 25.9 Å². The smallest absolute Gasteiger partial charge is 0.250 e. The van der Waals surface area contributed by atoms with Gasteiger partial charge in [-0.15, -0.1) is 11.3 Å². The van der Waals surface area contributed by atoms with Crippen molar-refractivity contribution in [1.82, 2.24) is 15.0 Å². The van der Waals surface area contributed by atoms with Gasteiger partial charge in [-0.2, -0.15) is 0 Å². The Kier molecular flexibility index (Phi) is 6.66. The van der Waals surface area contributed by atoms with Crippen LogP contribution in [0.3, 0.4) is 0 Å². The lowest BCUT2D eigenvalue weighted by molar-refractivity contribution is -0.119. The second-order valence-corrected chi connectivity index (χ2v) is 10.9. The molecule has 6 nitrogen and oxygen atoms in total. The third-order valence-corrected chi connectivity index (χ3v) is 8.51. The monoisotopic (exact) mass is 487 g/mol. The molecular formula is C23H22ClN3O3S2. The highest BCUT2D eigenvalue weighted by atomic mass is 35.5. The first kappa shape index (κ1) is 22.5. The van der Waals surface area contributed by atoms with Gasteiger partial charge in [-0.3, -0.25) is 4.79 Å². The SMILES string of the molecule is CC(=O)NCc1ccc(S(=O)(=O)NCC(c2ccccc2Cl)c2c[nH]c3ccccc23)s1. The number of rotatable bonds is 8. The van der Waals surface area contributed by atoms with Crippen LogP contribution in [0, 0.1) is 0 Å². The number of thiophene rings is 1. The summed E-state index contributed by atoms with van der Waals surface area (Å²) in [5.74, 6) is -0.448. The topological polar surface area (TPSA) is 91.1 Å². The molecule has 0 radical (unpaired) electrons. The van der Waals surface area contributed by atoms with Crippen molar-refractivity contribution in [3.63, 3.8) is 0 Å². The molecule has 0 fully saturated rings. The summed E-state index contributed by atoms with van der Waals surface area (Å²) in [5, 5.41) is 4.28. The van der Waals surface area contributed by atoms with Crippen molar-refractivity contribution in [3.8, 4) is 0 Å². The summed E-state index contributed by atoms with van der Waals surface area (Å²) < 4.78 is 29.0. The van der Waals surface area contributed by atoms with Crippen molar-refractivity contribution in [2.75, 3.05) is 6.54 Å². The largest absolute Gasteiger partial charge is 0.361 e. The summed E-state index contributed by atoms with van der Waals surface area (Å²) in [4.78, 5) is 15.1. The molecule has 0 bridgehead atoms. The Bertz CT molecular complexity index is 1360. The Morgan fingerprint density at radius 3 is 2.59 bits per heavy atom. The van der Waals surface area contributed by atoms with Gasteiger partial charge in [0.15, 0.2) is 0 Å². The molecule has 4 aromatic rings. The van der Waals surface area contributed by atoms with Crippen LogP contribution in [0.25, 0.3) is 10.9 Å². The Morgan fingerprint density at radius 2 is 1.81 bits per heavy atom. The number of aromatic amines is 1. The molecule has 4 rings (SSSR count). The fourth-order valence-electron chi connectivity index (χ4n) is 3.60. The van der Waals surface area contributed by atoms with Crippen LogP contribution in [-0.2, 0) is 21.4 Å². The molecule has 32 heavy (non-hydrogen) atoms. The van der Waals surface area contributed by atoms with Crippen molar-refractivity contribution >= 4 is 49.8 Å². The normalized spacial score (nSPS) is 12.7. The van der Waals surface area contributed by atoms with Gasteiger partial charge in [0.25, 0.3) is 0 Å². The average molecular weight is 488 g/mol. The zero-order valence-electron chi connectivity index (χ0n) is 17.3. The molecule has 0 spiro atoms. The van der Waals surface area contributed by atoms with Crippen molar-refractivity contribution in [1.29, 1.82) is 0 Å². The number of sulfonamides is 1. The Hall–Kier alpha value is -2.65. The van der Waals surface area contributed by atoms with Crippen molar-refractivity contribution in [3.05, 3.63) is 87.9 Å². The molecule has 1 atom stereocenters. The maximum atomic E-state index is 13.0. The van der Waals surface area contributed by atoms with Crippen LogP contribution in [0.5, 0.6) is 0 Å². The molecule has 1 amide bonds. The number of hydrogen-bond donors (Lipinski definition) is 3. The molecule has 9 heteroatoms. The fourth-order valence-corrected chi connectivity index (χ4v) is 6.26. The van der Waals surface area contributed by atoms with Crippen LogP contribution in [0.2, 0.25) is 5.02 Å². The summed E-state index contributed by atoms with van der Waals surface area (Å²) in [5.41, 5.74) is 2.79. The highest BCUT2D eigenvalue weighted by Crippen LogP contribution is 2.34. The Labute approximate surface area is 195 Å². The summed E-state index contributed by atoms with van der Waals surface area (Å²) in [6.45, 7) is 1.87. The molecule has 2 aromatic heterocycles. The molecule has 3 N–H and O–H groups in total. The van der Waals surface area contributed by atoms with E-state index in [-0.39, 0.29) is 22.6 Å². The van der Waals surface area contributed by atoms with Crippen molar-refractivity contribution < 1.29 is 13.2 Å². The van der Waals surface area contributed by atoms with E-state index in [1.165, 1.54) is 6.92 Å². The van der Waals surface area contributed by atoms with Gasteiger partial charge in [-0.1, -0.05) is 48.0 Å². The van der Waals surface area contributed by atoms with Gasteiger partial charge in [0.1, 0.15) is 4.21 Å². The van der Waals surface area contributed by atoms with Crippen LogP contribution >= 0.6 is 22.9 Å². The maximum Gasteiger partial charge on any atom is 0.250 e. The zero-order valence-corrected chi connectivity index (χ0v) is 19.7. The minimum atomic E-state index is -3.74. The van der Waals surface area contributed by atoms with E-state index in [1.54, 1.807) is 18.2 Å². The summed E-state index contributed by atoms with van der Waals surface area (Å²) in [7, 11) is -3.74. The number of carbonyl (C=O) groups is 1. The average Bonchev–Trinajstić information content (AvgIpc) is 3.42. The lowest BCUT2D eigenvalue weighted by Crippen LogP contribution is -2.28. The van der Waals surface area contributed by atoms with E-state index in [9.17, 15) is 13.2 Å². The second kappa shape index (κ2) is 9.46. The highest BCUT2D eigenvalue weighted by molar-refractivity contribution is 7.91. The number of hydrogen-bond acceptors (Lipinski definition) is 4. The van der Waals surface area contributed by atoms with Gasteiger partial charge in [-0.05, 0) is 35.4 Å². The molecule has 0 aliphatic rings. The molecule has 166 valence electrons. The van der Waals surface area contributed by atoms with Gasteiger partial charge in [0.05, 0.1) is 6.54 Å². The number of carbonyl (C=O) groups excluding carboxylic acids is 1. The first-order valence-corrected chi connectivity index (χ1v) is 12.7. The number of para-hydroxylation sites is 1. The van der Waals surface area contributed by atoms with E-state index in [0.29, 0.717) is 11.6 Å². The Balaban J connectivity index is 1.62. The van der Waals surface area contributed by atoms with E-state index < -0.39 is 10.0 Å². The highest BCUT2D eigenvalue weighted by Gasteiger charge is 2.24. The number of benzene rings is 2. The van der Waals surface area contributed by atoms with Gasteiger partial charge in [0.2, 0.25) is 15.9 Å². The van der Waals surface area contributed by atoms with E-state index in [4.69, 9.17) is 11.6 Å². The maximum absolute atomic E-state index is 13.0. The summed E-state index contributed by atoms with van der Waals surface area (Å²) in [6.07, 6.45) is 1.91. The standard InChI is InChI=1S/C23H22ClN3O3S2/c1-15(28)25-12-16-10-11-23(31-16)32(29,30)27-14-20(17-6-2-4-8-21(17)24)19-13-26-22-9-5-3-7-18(19)22/h2-11,13,20,26-27H,12,14H2,1H3,(H,25,28). The lowest BCUT2D eigenvalue weighted by atomic mass is 9.91. The van der Waals surface area contributed by atoms with E-state index in [1.807, 2.05) is 48.7 Å². The van der Waals surface area contributed by atoms with Crippen LogP contribution in [0.1, 0.15) is 28.8 Å². The van der Waals surface area contributed by atoms with Gasteiger partial charge >= 0.3 is 0 Å². The predicted molar refractivity (Wildman–Crippen MR) is 129 cm³/mol. The molecule has 0 aliphatic heterocycles. The van der Waals surface area contributed by atoms with Crippen LogP contribution in [0.4, 0.5) is 0 Å². The number of nitrogens with one attached hydrogen (secondary N) is 3. The molecule has 2 heterocycles. The predicted octanol–water partition coefficient (Wildman–Crippen LogP) is 4.63. The van der Waals surface area contributed by atoms with Gasteiger partial charge < -0.3 is 10.3 Å². The third kappa shape index (κ3) is 4.88. The number of halogens is 1. The van der Waals surface area contributed by atoms with Gasteiger partial charge in [-0.25, -0.2) is 13.1 Å². The third-order valence-electron chi connectivity index (χ3n) is 5.17. The fraction of sp³-hybridized carbons (Fsp3) is 0.174. The van der Waals surface area contributed by atoms with E-state index in [0.717, 1.165) is 38.2 Å². The lowest BCUT2D eigenvalue weighted by Gasteiger charge is -2.19. The Morgan fingerprint density at radius 1 is 1.06 bits per heavy atom. The molecule has 0 saturated heterocycles. The molecule has 0 aliphatic carbocycles. The van der Waals surface area contributed by atoms with E-state index >= 15 is 0 Å². The van der Waals surface area contributed by atoms with Crippen molar-refractivity contribution in [2.45, 2.75) is 23.6 Å². The first-order chi connectivity index (χ1) is 15.3. The minimum absolute atomic E-state index is 0.146. The first-order valence-electron chi connectivity index (χ1n) is 9.98.